The zero-order chi connectivity index (χ0) is 13.0. The average molecular weight is 259 g/mol. The molecule has 0 aliphatic rings. The van der Waals surface area contributed by atoms with Crippen molar-refractivity contribution in [2.45, 2.75) is 20.0 Å². The van der Waals surface area contributed by atoms with Crippen LogP contribution in [0.25, 0.3) is 0 Å². The summed E-state index contributed by atoms with van der Waals surface area (Å²) in [5, 5.41) is 10.9. The number of methoxy groups -OCH3 is 1. The minimum atomic E-state index is -0.558. The Hall–Kier alpha value is -1.47. The number of ketones is 1. The molecule has 0 saturated carbocycles. The van der Waals surface area contributed by atoms with Crippen LogP contribution in [-0.4, -0.2) is 30.5 Å². The monoisotopic (exact) mass is 259 g/mol. The lowest BCUT2D eigenvalue weighted by Crippen LogP contribution is -2.17. The molecule has 0 spiro atoms. The van der Waals surface area contributed by atoms with Crippen molar-refractivity contribution in [3.05, 3.63) is 21.1 Å². The van der Waals surface area contributed by atoms with Gasteiger partial charge in [0.15, 0.2) is 5.78 Å². The second kappa shape index (κ2) is 5.74. The van der Waals surface area contributed by atoms with Crippen LogP contribution < -0.4 is 4.74 Å². The van der Waals surface area contributed by atoms with Crippen molar-refractivity contribution < 1.29 is 19.2 Å². The molecule has 0 fully saturated rings. The molecule has 7 heteroatoms. The molecule has 1 heterocycles. The van der Waals surface area contributed by atoms with Crippen LogP contribution >= 0.6 is 11.3 Å². The summed E-state index contributed by atoms with van der Waals surface area (Å²) in [5.41, 5.74) is -0.178. The van der Waals surface area contributed by atoms with Crippen LogP contribution in [0.2, 0.25) is 0 Å². The van der Waals surface area contributed by atoms with Crippen molar-refractivity contribution in [2.75, 3.05) is 13.7 Å². The highest BCUT2D eigenvalue weighted by molar-refractivity contribution is 7.16. The number of thiophene rings is 1. The molecule has 0 aliphatic carbocycles. The number of carbonyl (C=O) groups is 1. The first kappa shape index (κ1) is 13.6. The second-order valence-corrected chi connectivity index (χ2v) is 4.50. The molecule has 1 atom stereocenters. The number of nitrogens with zero attached hydrogens (tertiary/aromatic N) is 1. The number of ether oxygens (including phenoxy) is 2. The Morgan fingerprint density at radius 3 is 2.76 bits per heavy atom. The number of Topliss-reactive ketones (excluding diaryl/α,β-unsaturated/α-hetero) is 1. The predicted molar refractivity (Wildman–Crippen MR) is 62.9 cm³/mol. The van der Waals surface area contributed by atoms with E-state index in [1.807, 2.05) is 0 Å². The van der Waals surface area contributed by atoms with Crippen molar-refractivity contribution in [1.29, 1.82) is 0 Å². The van der Waals surface area contributed by atoms with Gasteiger partial charge in [-0.2, -0.15) is 0 Å². The van der Waals surface area contributed by atoms with Crippen LogP contribution in [0, 0.1) is 10.1 Å². The van der Waals surface area contributed by atoms with Crippen LogP contribution in [0.15, 0.2) is 6.07 Å². The van der Waals surface area contributed by atoms with Gasteiger partial charge in [0.2, 0.25) is 0 Å². The normalized spacial score (nSPS) is 12.2. The zero-order valence-electron chi connectivity index (χ0n) is 9.76. The van der Waals surface area contributed by atoms with E-state index < -0.39 is 4.92 Å². The molecule has 1 unspecified atom stereocenters. The fraction of sp³-hybridized carbons (Fsp3) is 0.500. The molecule has 0 bridgehead atoms. The van der Waals surface area contributed by atoms with E-state index in [-0.39, 0.29) is 22.6 Å². The maximum absolute atomic E-state index is 11.2. The van der Waals surface area contributed by atoms with Crippen LogP contribution in [0.1, 0.15) is 23.5 Å². The Bertz CT molecular complexity index is 428. The van der Waals surface area contributed by atoms with Crippen molar-refractivity contribution in [3.63, 3.8) is 0 Å². The summed E-state index contributed by atoms with van der Waals surface area (Å²) in [6.07, 6.45) is -0.308. The largest absolute Gasteiger partial charge is 0.474 e. The third-order valence-corrected chi connectivity index (χ3v) is 3.05. The summed E-state index contributed by atoms with van der Waals surface area (Å²) in [6.45, 7) is 3.42. The van der Waals surface area contributed by atoms with E-state index in [4.69, 9.17) is 9.47 Å². The minimum Gasteiger partial charge on any atom is -0.474 e. The van der Waals surface area contributed by atoms with E-state index >= 15 is 0 Å². The Labute approximate surface area is 102 Å². The summed E-state index contributed by atoms with van der Waals surface area (Å²) in [7, 11) is 1.52. The van der Waals surface area contributed by atoms with E-state index in [0.29, 0.717) is 11.5 Å². The summed E-state index contributed by atoms with van der Waals surface area (Å²) in [5.74, 6) is -0.215. The van der Waals surface area contributed by atoms with Crippen LogP contribution in [0.5, 0.6) is 5.06 Å². The summed E-state index contributed by atoms with van der Waals surface area (Å²) in [4.78, 5) is 21.7. The molecule has 0 radical (unpaired) electrons. The standard InChI is InChI=1S/C10H13NO5S/c1-6(5-15-3)16-10-8(11(13)14)4-9(17-10)7(2)12/h4,6H,5H2,1-3H3. The molecule has 0 amide bonds. The molecular formula is C10H13NO5S. The Balaban J connectivity index is 2.96. The van der Waals surface area contributed by atoms with Crippen molar-refractivity contribution in [3.8, 4) is 5.06 Å². The Kier molecular flexibility index (Phi) is 4.59. The topological polar surface area (TPSA) is 78.7 Å². The summed E-state index contributed by atoms with van der Waals surface area (Å²) in [6, 6.07) is 1.24. The summed E-state index contributed by atoms with van der Waals surface area (Å²) >= 11 is 0.981. The van der Waals surface area contributed by atoms with Crippen molar-refractivity contribution in [1.82, 2.24) is 0 Å². The van der Waals surface area contributed by atoms with Gasteiger partial charge in [0.1, 0.15) is 6.10 Å². The SMILES string of the molecule is COCC(C)Oc1sc(C(C)=O)cc1[N+](=O)[O-]. The third-order valence-electron chi connectivity index (χ3n) is 1.93. The Morgan fingerprint density at radius 2 is 2.29 bits per heavy atom. The molecule has 1 aromatic rings. The quantitative estimate of drug-likeness (QED) is 0.445. The molecule has 1 aromatic heterocycles. The van der Waals surface area contributed by atoms with Crippen LogP contribution in [-0.2, 0) is 4.74 Å². The lowest BCUT2D eigenvalue weighted by molar-refractivity contribution is -0.385. The third kappa shape index (κ3) is 3.50. The first-order valence-corrected chi connectivity index (χ1v) is 5.72. The molecule has 0 N–H and O–H groups in total. The number of nitro groups is 1. The zero-order valence-corrected chi connectivity index (χ0v) is 10.6. The van der Waals surface area contributed by atoms with Gasteiger partial charge in [0.05, 0.1) is 16.4 Å². The van der Waals surface area contributed by atoms with Gasteiger partial charge in [0, 0.05) is 13.2 Å². The van der Waals surface area contributed by atoms with Crippen molar-refractivity contribution in [2.24, 2.45) is 0 Å². The molecule has 0 aliphatic heterocycles. The van der Waals surface area contributed by atoms with E-state index in [2.05, 4.69) is 0 Å². The van der Waals surface area contributed by atoms with Crippen LogP contribution in [0.3, 0.4) is 0 Å². The highest BCUT2D eigenvalue weighted by Crippen LogP contribution is 2.37. The fourth-order valence-corrected chi connectivity index (χ4v) is 2.17. The fourth-order valence-electron chi connectivity index (χ4n) is 1.20. The average Bonchev–Trinajstić information content (AvgIpc) is 2.62. The molecule has 6 nitrogen and oxygen atoms in total. The lowest BCUT2D eigenvalue weighted by atomic mass is 10.3. The number of carbonyl (C=O) groups excluding carboxylic acids is 1. The maximum Gasteiger partial charge on any atom is 0.323 e. The van der Waals surface area contributed by atoms with E-state index in [1.165, 1.54) is 20.1 Å². The number of hydrogen-bond acceptors (Lipinski definition) is 6. The van der Waals surface area contributed by atoms with Gasteiger partial charge >= 0.3 is 5.69 Å². The van der Waals surface area contributed by atoms with E-state index in [9.17, 15) is 14.9 Å². The van der Waals surface area contributed by atoms with Crippen LogP contribution in [0.4, 0.5) is 5.69 Å². The smallest absolute Gasteiger partial charge is 0.323 e. The maximum atomic E-state index is 11.2. The summed E-state index contributed by atoms with van der Waals surface area (Å²) < 4.78 is 10.3. The van der Waals surface area contributed by atoms with Gasteiger partial charge in [-0.3, -0.25) is 14.9 Å². The lowest BCUT2D eigenvalue weighted by Gasteiger charge is -2.10. The van der Waals surface area contributed by atoms with Crippen molar-refractivity contribution >= 4 is 22.8 Å². The van der Waals surface area contributed by atoms with Gasteiger partial charge in [0.25, 0.3) is 5.06 Å². The molecular weight excluding hydrogens is 246 g/mol. The van der Waals surface area contributed by atoms with Gasteiger partial charge < -0.3 is 9.47 Å². The van der Waals surface area contributed by atoms with Gasteiger partial charge in [-0.15, -0.1) is 0 Å². The van der Waals surface area contributed by atoms with Gasteiger partial charge in [-0.25, -0.2) is 0 Å². The van der Waals surface area contributed by atoms with Gasteiger partial charge in [-0.1, -0.05) is 11.3 Å². The molecule has 17 heavy (non-hydrogen) atoms. The Morgan fingerprint density at radius 1 is 1.65 bits per heavy atom. The predicted octanol–water partition coefficient (Wildman–Crippen LogP) is 2.27. The van der Waals surface area contributed by atoms with E-state index in [1.54, 1.807) is 6.92 Å². The van der Waals surface area contributed by atoms with Gasteiger partial charge in [-0.05, 0) is 13.8 Å². The van der Waals surface area contributed by atoms with E-state index in [0.717, 1.165) is 11.3 Å². The molecule has 94 valence electrons. The number of hydrogen-bond donors (Lipinski definition) is 0. The molecule has 0 aromatic carbocycles. The first-order chi connectivity index (χ1) is 7.95. The first-order valence-electron chi connectivity index (χ1n) is 4.90. The highest BCUT2D eigenvalue weighted by Gasteiger charge is 2.23. The minimum absolute atomic E-state index is 0.143. The second-order valence-electron chi connectivity index (χ2n) is 3.48. The highest BCUT2D eigenvalue weighted by atomic mass is 32.1. The number of rotatable bonds is 6. The molecule has 0 saturated heterocycles. The molecule has 1 rings (SSSR count).